The third-order valence-corrected chi connectivity index (χ3v) is 3.35. The lowest BCUT2D eigenvalue weighted by molar-refractivity contribution is -0.131. The summed E-state index contributed by atoms with van der Waals surface area (Å²) < 4.78 is 0. The SMILES string of the molecule is CCCC(C)N(C)C(=O)Cc1ccc(S)cc1. The van der Waals surface area contributed by atoms with Crippen molar-refractivity contribution in [1.29, 1.82) is 0 Å². The quantitative estimate of drug-likeness (QED) is 0.797. The Labute approximate surface area is 109 Å². The van der Waals surface area contributed by atoms with Gasteiger partial charge in [0.2, 0.25) is 5.91 Å². The van der Waals surface area contributed by atoms with E-state index in [9.17, 15) is 4.79 Å². The van der Waals surface area contributed by atoms with Gasteiger partial charge in [-0.15, -0.1) is 12.6 Å². The van der Waals surface area contributed by atoms with E-state index in [-0.39, 0.29) is 5.91 Å². The molecular weight excluding hydrogens is 230 g/mol. The second kappa shape index (κ2) is 6.70. The minimum atomic E-state index is 0.179. The molecule has 1 aromatic carbocycles. The number of amides is 1. The number of nitrogens with zero attached hydrogens (tertiary/aromatic N) is 1. The molecule has 0 saturated carbocycles. The average molecular weight is 251 g/mol. The summed E-state index contributed by atoms with van der Waals surface area (Å²) >= 11 is 4.23. The summed E-state index contributed by atoms with van der Waals surface area (Å²) in [6.07, 6.45) is 2.63. The molecule has 0 aliphatic rings. The number of hydrogen-bond acceptors (Lipinski definition) is 2. The average Bonchev–Trinajstić information content (AvgIpc) is 2.31. The summed E-state index contributed by atoms with van der Waals surface area (Å²) in [5.41, 5.74) is 1.04. The summed E-state index contributed by atoms with van der Waals surface area (Å²) in [5, 5.41) is 0. The highest BCUT2D eigenvalue weighted by Crippen LogP contribution is 2.11. The van der Waals surface area contributed by atoms with Crippen LogP contribution in [0.3, 0.4) is 0 Å². The summed E-state index contributed by atoms with van der Waals surface area (Å²) in [6, 6.07) is 8.07. The Morgan fingerprint density at radius 2 is 1.94 bits per heavy atom. The van der Waals surface area contributed by atoms with Gasteiger partial charge in [0.05, 0.1) is 6.42 Å². The fourth-order valence-electron chi connectivity index (χ4n) is 1.77. The Kier molecular flexibility index (Phi) is 5.56. The lowest BCUT2D eigenvalue weighted by atomic mass is 10.1. The normalized spacial score (nSPS) is 12.2. The van der Waals surface area contributed by atoms with Crippen molar-refractivity contribution in [3.05, 3.63) is 29.8 Å². The van der Waals surface area contributed by atoms with Crippen LogP contribution in [0.15, 0.2) is 29.2 Å². The predicted molar refractivity (Wildman–Crippen MR) is 74.5 cm³/mol. The first-order chi connectivity index (χ1) is 8.04. The number of thiol groups is 1. The highest BCUT2D eigenvalue weighted by molar-refractivity contribution is 7.80. The molecule has 0 N–H and O–H groups in total. The fourth-order valence-corrected chi connectivity index (χ4v) is 1.92. The molecule has 0 bridgehead atoms. The van der Waals surface area contributed by atoms with Crippen LogP contribution in [0.25, 0.3) is 0 Å². The van der Waals surface area contributed by atoms with Gasteiger partial charge in [0.25, 0.3) is 0 Å². The van der Waals surface area contributed by atoms with Crippen LogP contribution < -0.4 is 0 Å². The van der Waals surface area contributed by atoms with Crippen molar-refractivity contribution in [2.45, 2.75) is 44.0 Å². The number of carbonyl (C=O) groups excluding carboxylic acids is 1. The summed E-state index contributed by atoms with van der Waals surface area (Å²) in [6.45, 7) is 4.23. The minimum absolute atomic E-state index is 0.179. The van der Waals surface area contributed by atoms with Crippen LogP contribution in [0, 0.1) is 0 Å². The van der Waals surface area contributed by atoms with Crippen molar-refractivity contribution in [2.24, 2.45) is 0 Å². The molecule has 2 nitrogen and oxygen atoms in total. The van der Waals surface area contributed by atoms with Gasteiger partial charge in [0, 0.05) is 18.0 Å². The Morgan fingerprint density at radius 3 is 2.47 bits per heavy atom. The number of hydrogen-bond donors (Lipinski definition) is 1. The molecule has 1 amide bonds. The van der Waals surface area contributed by atoms with Gasteiger partial charge in [-0.2, -0.15) is 0 Å². The Bertz CT molecular complexity index is 361. The van der Waals surface area contributed by atoms with Crippen molar-refractivity contribution in [3.8, 4) is 0 Å². The molecule has 0 fully saturated rings. The van der Waals surface area contributed by atoms with Crippen LogP contribution in [0.5, 0.6) is 0 Å². The summed E-state index contributed by atoms with van der Waals surface area (Å²) in [5.74, 6) is 0.179. The summed E-state index contributed by atoms with van der Waals surface area (Å²) in [7, 11) is 1.88. The van der Waals surface area contributed by atoms with Crippen molar-refractivity contribution in [1.82, 2.24) is 4.90 Å². The molecule has 0 aromatic heterocycles. The largest absolute Gasteiger partial charge is 0.343 e. The molecule has 1 unspecified atom stereocenters. The van der Waals surface area contributed by atoms with E-state index in [1.165, 1.54) is 0 Å². The second-order valence-electron chi connectivity index (χ2n) is 4.49. The van der Waals surface area contributed by atoms with Crippen LogP contribution in [0.1, 0.15) is 32.3 Å². The lowest BCUT2D eigenvalue weighted by Crippen LogP contribution is -2.35. The van der Waals surface area contributed by atoms with Gasteiger partial charge in [-0.1, -0.05) is 25.5 Å². The van der Waals surface area contributed by atoms with Crippen LogP contribution in [-0.2, 0) is 11.2 Å². The topological polar surface area (TPSA) is 20.3 Å². The number of carbonyl (C=O) groups is 1. The molecule has 1 rings (SSSR count). The molecule has 3 heteroatoms. The molecule has 1 atom stereocenters. The lowest BCUT2D eigenvalue weighted by Gasteiger charge is -2.24. The van der Waals surface area contributed by atoms with Gasteiger partial charge >= 0.3 is 0 Å². The van der Waals surface area contributed by atoms with Gasteiger partial charge in [-0.3, -0.25) is 4.79 Å². The molecule has 0 spiro atoms. The van der Waals surface area contributed by atoms with Gasteiger partial charge in [-0.05, 0) is 31.0 Å². The molecule has 0 heterocycles. The van der Waals surface area contributed by atoms with E-state index in [1.807, 2.05) is 36.2 Å². The maximum Gasteiger partial charge on any atom is 0.226 e. The molecule has 17 heavy (non-hydrogen) atoms. The molecule has 0 aliphatic carbocycles. The third kappa shape index (κ3) is 4.43. The van der Waals surface area contributed by atoms with E-state index < -0.39 is 0 Å². The first-order valence-electron chi connectivity index (χ1n) is 6.08. The monoisotopic (exact) mass is 251 g/mol. The molecule has 1 aromatic rings. The highest BCUT2D eigenvalue weighted by atomic mass is 32.1. The fraction of sp³-hybridized carbons (Fsp3) is 0.500. The van der Waals surface area contributed by atoms with E-state index in [0.29, 0.717) is 12.5 Å². The first-order valence-corrected chi connectivity index (χ1v) is 6.53. The van der Waals surface area contributed by atoms with E-state index in [1.54, 1.807) is 0 Å². The zero-order chi connectivity index (χ0) is 12.8. The van der Waals surface area contributed by atoms with Gasteiger partial charge in [0.15, 0.2) is 0 Å². The van der Waals surface area contributed by atoms with E-state index in [4.69, 9.17) is 0 Å². The Hall–Kier alpha value is -0.960. The van der Waals surface area contributed by atoms with Gasteiger partial charge in [-0.25, -0.2) is 0 Å². The van der Waals surface area contributed by atoms with E-state index in [0.717, 1.165) is 23.3 Å². The molecule has 0 saturated heterocycles. The van der Waals surface area contributed by atoms with Crippen molar-refractivity contribution in [2.75, 3.05) is 7.05 Å². The van der Waals surface area contributed by atoms with Gasteiger partial charge < -0.3 is 4.90 Å². The number of benzene rings is 1. The number of likely N-dealkylation sites (N-methyl/N-ethyl adjacent to an activating group) is 1. The zero-order valence-electron chi connectivity index (χ0n) is 10.8. The minimum Gasteiger partial charge on any atom is -0.343 e. The van der Waals surface area contributed by atoms with Crippen LogP contribution >= 0.6 is 12.6 Å². The Morgan fingerprint density at radius 1 is 1.35 bits per heavy atom. The number of rotatable bonds is 5. The molecule has 0 radical (unpaired) electrons. The molecule has 94 valence electrons. The van der Waals surface area contributed by atoms with E-state index >= 15 is 0 Å². The zero-order valence-corrected chi connectivity index (χ0v) is 11.7. The van der Waals surface area contributed by atoms with Crippen LogP contribution in [-0.4, -0.2) is 23.9 Å². The van der Waals surface area contributed by atoms with Crippen LogP contribution in [0.4, 0.5) is 0 Å². The second-order valence-corrected chi connectivity index (χ2v) is 5.00. The maximum absolute atomic E-state index is 12.0. The molecular formula is C14H21NOS. The third-order valence-electron chi connectivity index (χ3n) is 3.05. The van der Waals surface area contributed by atoms with E-state index in [2.05, 4.69) is 26.5 Å². The smallest absolute Gasteiger partial charge is 0.226 e. The molecule has 0 aliphatic heterocycles. The van der Waals surface area contributed by atoms with Gasteiger partial charge in [0.1, 0.15) is 0 Å². The first kappa shape index (κ1) is 14.1. The predicted octanol–water partition coefficient (Wildman–Crippen LogP) is 3.16. The van der Waals surface area contributed by atoms with Crippen molar-refractivity contribution in [3.63, 3.8) is 0 Å². The van der Waals surface area contributed by atoms with Crippen molar-refractivity contribution < 1.29 is 4.79 Å². The van der Waals surface area contributed by atoms with Crippen LogP contribution in [0.2, 0.25) is 0 Å². The maximum atomic E-state index is 12.0. The summed E-state index contributed by atoms with van der Waals surface area (Å²) in [4.78, 5) is 14.8. The highest BCUT2D eigenvalue weighted by Gasteiger charge is 2.14. The Balaban J connectivity index is 2.56. The van der Waals surface area contributed by atoms with Crippen molar-refractivity contribution >= 4 is 18.5 Å². The standard InChI is InChI=1S/C14H21NOS/c1-4-5-11(2)15(3)14(16)10-12-6-8-13(17)9-7-12/h6-9,11,17H,4-5,10H2,1-3H3.